The fourth-order valence-electron chi connectivity index (χ4n) is 2.80. The molecule has 0 unspecified atom stereocenters. The number of methoxy groups -OCH3 is 1. The molecule has 0 fully saturated rings. The third kappa shape index (κ3) is 6.43. The Morgan fingerprint density at radius 2 is 1.90 bits per heavy atom. The van der Waals surface area contributed by atoms with Crippen LogP contribution >= 0.6 is 15.9 Å². The number of nitrogens with zero attached hydrogens (tertiary/aromatic N) is 2. The average Bonchev–Trinajstić information content (AvgIpc) is 2.79. The van der Waals surface area contributed by atoms with Crippen molar-refractivity contribution in [2.24, 2.45) is 5.10 Å². The van der Waals surface area contributed by atoms with E-state index < -0.39 is 0 Å². The van der Waals surface area contributed by atoms with Crippen LogP contribution in [0.3, 0.4) is 0 Å². The Morgan fingerprint density at radius 3 is 2.65 bits per heavy atom. The molecule has 0 aliphatic heterocycles. The monoisotopic (exact) mass is 477 g/mol. The molecule has 0 atom stereocenters. The summed E-state index contributed by atoms with van der Waals surface area (Å²) in [5.41, 5.74) is 5.53. The first-order chi connectivity index (χ1) is 15.1. The molecule has 0 spiro atoms. The maximum atomic E-state index is 12.0. The van der Waals surface area contributed by atoms with Gasteiger partial charge < -0.3 is 9.47 Å². The Bertz CT molecular complexity index is 1120. The Morgan fingerprint density at radius 1 is 1.13 bits per heavy atom. The number of hydrazone groups is 1. The van der Waals surface area contributed by atoms with Crippen molar-refractivity contribution >= 4 is 28.1 Å². The molecule has 0 aliphatic carbocycles. The topological polar surface area (TPSA) is 83.7 Å². The first-order valence-corrected chi connectivity index (χ1v) is 10.2. The summed E-state index contributed by atoms with van der Waals surface area (Å²) in [7, 11) is 1.55. The molecule has 0 bridgehead atoms. The quantitative estimate of drug-likeness (QED) is 0.379. The van der Waals surface area contributed by atoms with E-state index in [0.717, 1.165) is 21.2 Å². The summed E-state index contributed by atoms with van der Waals surface area (Å²) >= 11 is 3.37. The van der Waals surface area contributed by atoms with Crippen LogP contribution in [0.2, 0.25) is 0 Å². The van der Waals surface area contributed by atoms with Crippen LogP contribution in [-0.4, -0.2) is 19.2 Å². The molecule has 0 saturated carbocycles. The second-order valence-corrected chi connectivity index (χ2v) is 7.48. The van der Waals surface area contributed by atoms with Gasteiger partial charge in [-0.3, -0.25) is 4.79 Å². The number of amides is 1. The molecule has 0 saturated heterocycles. The molecule has 3 aromatic carbocycles. The molecular formula is C24H20BrN3O3. The molecule has 0 radical (unpaired) electrons. The number of carbonyl (C=O) groups excluding carboxylic acids is 1. The van der Waals surface area contributed by atoms with Crippen molar-refractivity contribution in [1.82, 2.24) is 5.43 Å². The number of hydrogen-bond acceptors (Lipinski definition) is 5. The molecule has 1 N–H and O–H groups in total. The third-order valence-electron chi connectivity index (χ3n) is 4.39. The van der Waals surface area contributed by atoms with Gasteiger partial charge >= 0.3 is 0 Å². The molecular weight excluding hydrogens is 458 g/mol. The van der Waals surface area contributed by atoms with E-state index in [1.165, 1.54) is 6.21 Å². The first-order valence-electron chi connectivity index (χ1n) is 9.44. The van der Waals surface area contributed by atoms with Gasteiger partial charge in [-0.2, -0.15) is 10.4 Å². The van der Waals surface area contributed by atoms with Crippen LogP contribution < -0.4 is 14.9 Å². The van der Waals surface area contributed by atoms with Crippen LogP contribution in [0.15, 0.2) is 76.3 Å². The number of ether oxygens (including phenoxy) is 2. The number of rotatable bonds is 8. The van der Waals surface area contributed by atoms with Gasteiger partial charge in [-0.1, -0.05) is 46.3 Å². The SMILES string of the molecule is COc1cc(/C=N/NC(=O)Cc2ccc(Br)cc2)ccc1OCc1ccccc1C#N. The van der Waals surface area contributed by atoms with Crippen LogP contribution in [0, 0.1) is 11.3 Å². The standard InChI is InChI=1S/C24H20BrN3O3/c1-30-23-12-18(15-27-28-24(29)13-17-6-9-21(25)10-7-17)8-11-22(23)31-16-20-5-3-2-4-19(20)14-26/h2-12,15H,13,16H2,1H3,(H,28,29)/b27-15+. The van der Waals surface area contributed by atoms with Gasteiger partial charge in [0.05, 0.1) is 31.4 Å². The lowest BCUT2D eigenvalue weighted by atomic mass is 10.1. The maximum Gasteiger partial charge on any atom is 0.244 e. The molecule has 7 heteroatoms. The van der Waals surface area contributed by atoms with Crippen LogP contribution in [-0.2, 0) is 17.8 Å². The maximum absolute atomic E-state index is 12.0. The van der Waals surface area contributed by atoms with E-state index in [1.807, 2.05) is 42.5 Å². The number of carbonyl (C=O) groups is 1. The lowest BCUT2D eigenvalue weighted by molar-refractivity contribution is -0.120. The molecule has 6 nitrogen and oxygen atoms in total. The predicted molar refractivity (Wildman–Crippen MR) is 122 cm³/mol. The number of nitrogens with one attached hydrogen (secondary N) is 1. The Hall–Kier alpha value is -3.63. The van der Waals surface area contributed by atoms with Crippen molar-refractivity contribution in [1.29, 1.82) is 5.26 Å². The zero-order valence-corrected chi connectivity index (χ0v) is 18.4. The van der Waals surface area contributed by atoms with E-state index in [-0.39, 0.29) is 18.9 Å². The van der Waals surface area contributed by atoms with E-state index >= 15 is 0 Å². The van der Waals surface area contributed by atoms with Crippen molar-refractivity contribution < 1.29 is 14.3 Å². The van der Waals surface area contributed by atoms with Crippen molar-refractivity contribution in [2.75, 3.05) is 7.11 Å². The second kappa shape index (κ2) is 11.0. The zero-order valence-electron chi connectivity index (χ0n) is 16.8. The summed E-state index contributed by atoms with van der Waals surface area (Å²) in [4.78, 5) is 12.0. The van der Waals surface area contributed by atoms with Gasteiger partial charge in [-0.05, 0) is 47.5 Å². The van der Waals surface area contributed by atoms with E-state index in [9.17, 15) is 10.1 Å². The van der Waals surface area contributed by atoms with Crippen LogP contribution in [0.25, 0.3) is 0 Å². The minimum absolute atomic E-state index is 0.207. The average molecular weight is 478 g/mol. The molecule has 156 valence electrons. The van der Waals surface area contributed by atoms with Gasteiger partial charge in [0.2, 0.25) is 5.91 Å². The van der Waals surface area contributed by atoms with Crippen LogP contribution in [0.5, 0.6) is 11.5 Å². The molecule has 3 aromatic rings. The number of benzene rings is 3. The molecule has 31 heavy (non-hydrogen) atoms. The first kappa shape index (κ1) is 22.1. The Kier molecular flexibility index (Phi) is 7.79. The summed E-state index contributed by atoms with van der Waals surface area (Å²) < 4.78 is 12.2. The highest BCUT2D eigenvalue weighted by atomic mass is 79.9. The van der Waals surface area contributed by atoms with Crippen molar-refractivity contribution in [2.45, 2.75) is 13.0 Å². The minimum Gasteiger partial charge on any atom is -0.493 e. The highest BCUT2D eigenvalue weighted by molar-refractivity contribution is 9.10. The van der Waals surface area contributed by atoms with Crippen molar-refractivity contribution in [3.8, 4) is 17.6 Å². The van der Waals surface area contributed by atoms with Gasteiger partial charge in [0, 0.05) is 10.0 Å². The zero-order chi connectivity index (χ0) is 22.1. The Labute approximate surface area is 189 Å². The lowest BCUT2D eigenvalue weighted by Gasteiger charge is -2.12. The Balaban J connectivity index is 1.59. The van der Waals surface area contributed by atoms with Crippen molar-refractivity contribution in [3.05, 3.63) is 93.5 Å². The largest absolute Gasteiger partial charge is 0.493 e. The summed E-state index contributed by atoms with van der Waals surface area (Å²) in [6.45, 7) is 0.250. The highest BCUT2D eigenvalue weighted by Crippen LogP contribution is 2.28. The van der Waals surface area contributed by atoms with E-state index in [4.69, 9.17) is 9.47 Å². The minimum atomic E-state index is -0.207. The lowest BCUT2D eigenvalue weighted by Crippen LogP contribution is -2.19. The molecule has 0 aliphatic rings. The second-order valence-electron chi connectivity index (χ2n) is 6.56. The van der Waals surface area contributed by atoms with E-state index in [0.29, 0.717) is 17.1 Å². The summed E-state index contributed by atoms with van der Waals surface area (Å²) in [6.07, 6.45) is 1.78. The smallest absolute Gasteiger partial charge is 0.244 e. The third-order valence-corrected chi connectivity index (χ3v) is 4.92. The van der Waals surface area contributed by atoms with E-state index in [1.54, 1.807) is 31.4 Å². The summed E-state index contributed by atoms with van der Waals surface area (Å²) in [6, 6.07) is 22.3. The molecule has 3 rings (SSSR count). The number of halogens is 1. The predicted octanol–water partition coefficient (Wildman–Crippen LogP) is 4.60. The van der Waals surface area contributed by atoms with Gasteiger partial charge in [-0.15, -0.1) is 0 Å². The summed E-state index contributed by atoms with van der Waals surface area (Å²) in [5.74, 6) is 0.868. The van der Waals surface area contributed by atoms with Gasteiger partial charge in [0.25, 0.3) is 0 Å². The van der Waals surface area contributed by atoms with Crippen LogP contribution in [0.4, 0.5) is 0 Å². The van der Waals surface area contributed by atoms with E-state index in [2.05, 4.69) is 32.5 Å². The van der Waals surface area contributed by atoms with Crippen LogP contribution in [0.1, 0.15) is 22.3 Å². The molecule has 0 heterocycles. The summed E-state index contributed by atoms with van der Waals surface area (Å²) in [5, 5.41) is 13.2. The van der Waals surface area contributed by atoms with Gasteiger partial charge in [0.15, 0.2) is 11.5 Å². The normalized spacial score (nSPS) is 10.5. The number of nitriles is 1. The molecule has 0 aromatic heterocycles. The highest BCUT2D eigenvalue weighted by Gasteiger charge is 2.08. The fourth-order valence-corrected chi connectivity index (χ4v) is 3.06. The number of hydrogen-bond donors (Lipinski definition) is 1. The fraction of sp³-hybridized carbons (Fsp3) is 0.125. The molecule has 1 amide bonds. The van der Waals surface area contributed by atoms with Gasteiger partial charge in [0.1, 0.15) is 6.61 Å². The van der Waals surface area contributed by atoms with Crippen molar-refractivity contribution in [3.63, 3.8) is 0 Å². The van der Waals surface area contributed by atoms with Gasteiger partial charge in [-0.25, -0.2) is 5.43 Å².